The van der Waals surface area contributed by atoms with Crippen LogP contribution in [-0.4, -0.2) is 55.7 Å². The Labute approximate surface area is 107 Å². The third kappa shape index (κ3) is 24.0. The van der Waals surface area contributed by atoms with Crippen LogP contribution >= 0.6 is 0 Å². The summed E-state index contributed by atoms with van der Waals surface area (Å²) in [7, 11) is 0. The van der Waals surface area contributed by atoms with Crippen molar-refractivity contribution in [3.63, 3.8) is 0 Å². The van der Waals surface area contributed by atoms with E-state index in [1.165, 1.54) is 0 Å². The Morgan fingerprint density at radius 3 is 2.06 bits per heavy atom. The molecule has 0 aromatic carbocycles. The van der Waals surface area contributed by atoms with Crippen molar-refractivity contribution in [3.8, 4) is 0 Å². The highest BCUT2D eigenvalue weighted by Crippen LogP contribution is 1.82. The van der Waals surface area contributed by atoms with Gasteiger partial charge in [-0.1, -0.05) is 6.58 Å². The van der Waals surface area contributed by atoms with Gasteiger partial charge >= 0.3 is 5.97 Å². The SMILES string of the molecule is C=C(O)/C=C\C(=O)O.NCCOCCOCC[NH3+]. The van der Waals surface area contributed by atoms with Crippen LogP contribution in [0.2, 0.25) is 0 Å². The maximum atomic E-state index is 9.66. The van der Waals surface area contributed by atoms with E-state index in [4.69, 9.17) is 25.4 Å². The highest BCUT2D eigenvalue weighted by Gasteiger charge is 1.87. The van der Waals surface area contributed by atoms with Crippen LogP contribution in [0, 0.1) is 0 Å². The van der Waals surface area contributed by atoms with Crippen LogP contribution in [0.5, 0.6) is 0 Å². The standard InChI is InChI=1S/C6H16N2O2.C5H6O3/c7-1-3-9-5-6-10-4-2-8;1-4(6)2-3-5(7)8/h1-8H2;2-3,6H,1H2,(H,7,8)/p+1/b;3-2-. The Balaban J connectivity index is 0. The summed E-state index contributed by atoms with van der Waals surface area (Å²) >= 11 is 0. The van der Waals surface area contributed by atoms with Crippen molar-refractivity contribution in [1.29, 1.82) is 0 Å². The van der Waals surface area contributed by atoms with Crippen molar-refractivity contribution in [1.82, 2.24) is 0 Å². The van der Waals surface area contributed by atoms with E-state index < -0.39 is 5.97 Å². The number of quaternary nitrogens is 1. The van der Waals surface area contributed by atoms with Crippen LogP contribution in [0.1, 0.15) is 0 Å². The number of rotatable bonds is 9. The number of aliphatic hydroxyl groups is 1. The van der Waals surface area contributed by atoms with Crippen molar-refractivity contribution < 1.29 is 30.2 Å². The molecule has 0 fully saturated rings. The number of nitrogens with two attached hydrogens (primary N) is 1. The molecular formula is C11H23N2O5+. The number of aliphatic hydroxyl groups excluding tert-OH is 1. The number of carbonyl (C=O) groups is 1. The first-order valence-electron chi connectivity index (χ1n) is 5.48. The molecule has 0 unspecified atom stereocenters. The van der Waals surface area contributed by atoms with Gasteiger partial charge in [-0.15, -0.1) is 0 Å². The van der Waals surface area contributed by atoms with Gasteiger partial charge in [0.15, 0.2) is 0 Å². The first kappa shape index (κ1) is 18.9. The minimum atomic E-state index is -1.10. The molecule has 0 radical (unpaired) electrons. The fraction of sp³-hybridized carbons (Fsp3) is 0.545. The highest BCUT2D eigenvalue weighted by atomic mass is 16.5. The minimum Gasteiger partial charge on any atom is -0.509 e. The van der Waals surface area contributed by atoms with E-state index in [-0.39, 0.29) is 5.76 Å². The van der Waals surface area contributed by atoms with Crippen LogP contribution in [0.15, 0.2) is 24.5 Å². The molecule has 7 N–H and O–H groups in total. The Kier molecular flexibility index (Phi) is 16.4. The van der Waals surface area contributed by atoms with E-state index in [0.29, 0.717) is 33.0 Å². The molecule has 0 aliphatic carbocycles. The molecule has 0 spiro atoms. The van der Waals surface area contributed by atoms with Gasteiger partial charge in [-0.2, -0.15) is 0 Å². The van der Waals surface area contributed by atoms with Gasteiger partial charge in [0.2, 0.25) is 0 Å². The first-order chi connectivity index (χ1) is 8.54. The number of carboxylic acids is 1. The van der Waals surface area contributed by atoms with Gasteiger partial charge in [0.05, 0.1) is 33.0 Å². The number of aliphatic carboxylic acids is 1. The highest BCUT2D eigenvalue weighted by molar-refractivity contribution is 5.80. The normalized spacial score (nSPS) is 9.89. The van der Waals surface area contributed by atoms with Gasteiger partial charge in [0.1, 0.15) is 5.76 Å². The van der Waals surface area contributed by atoms with Gasteiger partial charge in [-0.3, -0.25) is 0 Å². The van der Waals surface area contributed by atoms with Crippen molar-refractivity contribution in [2.45, 2.75) is 0 Å². The van der Waals surface area contributed by atoms with Crippen molar-refractivity contribution in [3.05, 3.63) is 24.5 Å². The lowest BCUT2D eigenvalue weighted by Gasteiger charge is -2.01. The second-order valence-corrected chi connectivity index (χ2v) is 3.03. The zero-order valence-electron chi connectivity index (χ0n) is 10.5. The monoisotopic (exact) mass is 263 g/mol. The van der Waals surface area contributed by atoms with E-state index in [1.807, 2.05) is 0 Å². The van der Waals surface area contributed by atoms with Gasteiger partial charge in [-0.25, -0.2) is 4.79 Å². The van der Waals surface area contributed by atoms with Crippen LogP contribution in [0.3, 0.4) is 0 Å². The third-order valence-electron chi connectivity index (χ3n) is 1.34. The molecule has 0 aromatic rings. The van der Waals surface area contributed by atoms with E-state index in [0.717, 1.165) is 18.7 Å². The molecule has 106 valence electrons. The first-order valence-corrected chi connectivity index (χ1v) is 5.48. The summed E-state index contributed by atoms with van der Waals surface area (Å²) in [6, 6.07) is 0. The van der Waals surface area contributed by atoms with Crippen molar-refractivity contribution >= 4 is 5.97 Å². The fourth-order valence-electron chi connectivity index (χ4n) is 0.675. The summed E-state index contributed by atoms with van der Waals surface area (Å²) in [5.74, 6) is -1.35. The Morgan fingerprint density at radius 2 is 1.72 bits per heavy atom. The van der Waals surface area contributed by atoms with E-state index >= 15 is 0 Å². The van der Waals surface area contributed by atoms with Gasteiger partial charge in [0, 0.05) is 12.6 Å². The van der Waals surface area contributed by atoms with Gasteiger partial charge < -0.3 is 31.2 Å². The van der Waals surface area contributed by atoms with E-state index in [1.54, 1.807) is 0 Å². The van der Waals surface area contributed by atoms with Gasteiger partial charge in [0.25, 0.3) is 0 Å². The summed E-state index contributed by atoms with van der Waals surface area (Å²) in [4.78, 5) is 9.66. The molecule has 0 aliphatic heterocycles. The molecule has 7 heteroatoms. The van der Waals surface area contributed by atoms with Crippen LogP contribution in [-0.2, 0) is 14.3 Å². The second kappa shape index (κ2) is 15.6. The molecule has 0 rings (SSSR count). The van der Waals surface area contributed by atoms with E-state index in [2.05, 4.69) is 12.3 Å². The third-order valence-corrected chi connectivity index (χ3v) is 1.34. The number of carboxylic acid groups (broad SMARTS) is 1. The molecule has 0 atom stereocenters. The smallest absolute Gasteiger partial charge is 0.328 e. The molecule has 0 amide bonds. The van der Waals surface area contributed by atoms with Gasteiger partial charge in [-0.05, 0) is 6.08 Å². The lowest BCUT2D eigenvalue weighted by molar-refractivity contribution is -0.374. The minimum absolute atomic E-state index is 0.257. The molecule has 0 saturated carbocycles. The molecule has 0 aliphatic rings. The Hall–Kier alpha value is -1.41. The molecule has 0 saturated heterocycles. The summed E-state index contributed by atoms with van der Waals surface area (Å²) in [6.07, 6.45) is 1.81. The number of hydrogen-bond donors (Lipinski definition) is 4. The maximum Gasteiger partial charge on any atom is 0.328 e. The molecule has 7 nitrogen and oxygen atoms in total. The second-order valence-electron chi connectivity index (χ2n) is 3.03. The van der Waals surface area contributed by atoms with Crippen LogP contribution < -0.4 is 11.5 Å². The van der Waals surface area contributed by atoms with Crippen LogP contribution in [0.25, 0.3) is 0 Å². The summed E-state index contributed by atoms with van der Waals surface area (Å²) < 4.78 is 10.2. The molecule has 0 aromatic heterocycles. The topological polar surface area (TPSA) is 130 Å². The van der Waals surface area contributed by atoms with Crippen molar-refractivity contribution in [2.75, 3.05) is 39.5 Å². The largest absolute Gasteiger partial charge is 0.509 e. The maximum absolute atomic E-state index is 9.66. The predicted octanol–water partition coefficient (Wildman–Crippen LogP) is -1.08. The summed E-state index contributed by atoms with van der Waals surface area (Å²) in [5, 5.41) is 16.2. The Morgan fingerprint density at radius 1 is 1.17 bits per heavy atom. The molecule has 0 bridgehead atoms. The van der Waals surface area contributed by atoms with Crippen LogP contribution in [0.4, 0.5) is 0 Å². The van der Waals surface area contributed by atoms with Crippen molar-refractivity contribution in [2.24, 2.45) is 5.73 Å². The Bertz CT molecular complexity index is 220. The quantitative estimate of drug-likeness (QED) is 0.181. The zero-order valence-corrected chi connectivity index (χ0v) is 10.5. The fourth-order valence-corrected chi connectivity index (χ4v) is 0.675. The molecular weight excluding hydrogens is 240 g/mol. The summed E-state index contributed by atoms with van der Waals surface area (Å²) in [5.41, 5.74) is 8.83. The lowest BCUT2D eigenvalue weighted by Crippen LogP contribution is -2.52. The number of ether oxygens (including phenoxy) is 2. The average Bonchev–Trinajstić information content (AvgIpc) is 2.32. The molecule has 18 heavy (non-hydrogen) atoms. The lowest BCUT2D eigenvalue weighted by atomic mass is 10.4. The van der Waals surface area contributed by atoms with E-state index in [9.17, 15) is 4.79 Å². The average molecular weight is 263 g/mol. The number of hydrogen-bond acceptors (Lipinski definition) is 5. The number of allylic oxidation sites excluding steroid dienone is 1. The zero-order chi connectivity index (χ0) is 14.2. The molecule has 0 heterocycles. The predicted molar refractivity (Wildman–Crippen MR) is 67.0 cm³/mol. The summed E-state index contributed by atoms with van der Waals surface area (Å²) in [6.45, 7) is 7.05.